The number of aryl methyl sites for hydroxylation is 1. The number of rotatable bonds is 5. The Bertz CT molecular complexity index is 1090. The van der Waals surface area contributed by atoms with Crippen molar-refractivity contribution in [1.29, 1.82) is 0 Å². The lowest BCUT2D eigenvalue weighted by molar-refractivity contribution is -0.118. The third kappa shape index (κ3) is 4.11. The van der Waals surface area contributed by atoms with Crippen molar-refractivity contribution in [3.05, 3.63) is 65.4 Å². The summed E-state index contributed by atoms with van der Waals surface area (Å²) in [6.45, 7) is 8.11. The maximum absolute atomic E-state index is 13.3. The van der Waals surface area contributed by atoms with Crippen molar-refractivity contribution in [3.8, 4) is 0 Å². The topological polar surface area (TPSA) is 54.3 Å². The van der Waals surface area contributed by atoms with Crippen LogP contribution in [0.2, 0.25) is 0 Å². The quantitative estimate of drug-likeness (QED) is 0.663. The first-order chi connectivity index (χ1) is 14.4. The largest absolute Gasteiger partial charge is 0.337 e. The maximum atomic E-state index is 13.3. The smallest absolute Gasteiger partial charge is 0.270 e. The van der Waals surface area contributed by atoms with Crippen LogP contribution in [0.4, 0.5) is 5.69 Å². The van der Waals surface area contributed by atoms with Crippen LogP contribution in [0.1, 0.15) is 48.3 Å². The van der Waals surface area contributed by atoms with Gasteiger partial charge >= 0.3 is 0 Å². The minimum absolute atomic E-state index is 0.0121. The van der Waals surface area contributed by atoms with Gasteiger partial charge in [0.25, 0.3) is 5.91 Å². The molecule has 0 bridgehead atoms. The number of fused-ring (bicyclic) bond motifs is 1. The highest BCUT2D eigenvalue weighted by Crippen LogP contribution is 2.27. The van der Waals surface area contributed by atoms with Crippen molar-refractivity contribution in [1.82, 2.24) is 9.47 Å². The summed E-state index contributed by atoms with van der Waals surface area (Å²) in [5.74, 6) is -0.00931. The predicted molar refractivity (Wildman–Crippen MR) is 121 cm³/mol. The minimum atomic E-state index is -0.0843. The Labute approximate surface area is 177 Å². The first kappa shape index (κ1) is 20.2. The molecule has 2 amide bonds. The number of carbonyl (C=O) groups excluding carboxylic acids is 2. The summed E-state index contributed by atoms with van der Waals surface area (Å²) in [5, 5.41) is 3.92. The number of nitrogens with one attached hydrogen (secondary N) is 1. The molecule has 1 aromatic heterocycles. The van der Waals surface area contributed by atoms with Gasteiger partial charge in [0.05, 0.1) is 0 Å². The number of hydrogen-bond donors (Lipinski definition) is 1. The summed E-state index contributed by atoms with van der Waals surface area (Å²) in [5.41, 5.74) is 4.84. The second kappa shape index (κ2) is 8.34. The van der Waals surface area contributed by atoms with Crippen LogP contribution in [0, 0.1) is 12.8 Å². The molecule has 5 nitrogen and oxygen atoms in total. The van der Waals surface area contributed by atoms with Crippen LogP contribution in [0.25, 0.3) is 10.9 Å². The van der Waals surface area contributed by atoms with E-state index in [2.05, 4.69) is 41.1 Å². The van der Waals surface area contributed by atoms with Gasteiger partial charge in [-0.25, -0.2) is 0 Å². The zero-order valence-corrected chi connectivity index (χ0v) is 17.9. The Morgan fingerprint density at radius 3 is 2.50 bits per heavy atom. The van der Waals surface area contributed by atoms with E-state index < -0.39 is 0 Å². The average molecular weight is 404 g/mol. The predicted octanol–water partition coefficient (Wildman–Crippen LogP) is 4.83. The third-order valence-electron chi connectivity index (χ3n) is 5.73. The molecule has 1 saturated heterocycles. The fourth-order valence-corrected chi connectivity index (χ4v) is 4.06. The zero-order chi connectivity index (χ0) is 21.3. The molecule has 0 aliphatic carbocycles. The molecule has 156 valence electrons. The van der Waals surface area contributed by atoms with Crippen molar-refractivity contribution in [2.75, 3.05) is 18.4 Å². The van der Waals surface area contributed by atoms with E-state index in [-0.39, 0.29) is 17.7 Å². The summed E-state index contributed by atoms with van der Waals surface area (Å²) in [6, 6.07) is 16.2. The van der Waals surface area contributed by atoms with Gasteiger partial charge in [-0.05, 0) is 49.6 Å². The molecule has 2 heterocycles. The average Bonchev–Trinajstić information content (AvgIpc) is 3.36. The highest BCUT2D eigenvalue weighted by molar-refractivity contribution is 6.01. The third-order valence-corrected chi connectivity index (χ3v) is 5.73. The Morgan fingerprint density at radius 2 is 1.80 bits per heavy atom. The molecule has 1 aliphatic heterocycles. The molecule has 0 atom stereocenters. The molecule has 30 heavy (non-hydrogen) atoms. The van der Waals surface area contributed by atoms with Crippen LogP contribution < -0.4 is 5.32 Å². The van der Waals surface area contributed by atoms with Crippen LogP contribution in [0.5, 0.6) is 0 Å². The van der Waals surface area contributed by atoms with E-state index in [1.54, 1.807) is 0 Å². The van der Waals surface area contributed by atoms with Crippen molar-refractivity contribution in [2.24, 2.45) is 5.92 Å². The number of benzene rings is 2. The SMILES string of the molecule is Cc1cccc(Cn2c(C(=O)N3CCCC3)cc3cc(NC(=O)C(C)C)ccc32)c1. The summed E-state index contributed by atoms with van der Waals surface area (Å²) in [6.07, 6.45) is 2.13. The summed E-state index contributed by atoms with van der Waals surface area (Å²) >= 11 is 0. The van der Waals surface area contributed by atoms with E-state index in [4.69, 9.17) is 0 Å². The van der Waals surface area contributed by atoms with Gasteiger partial charge in [0, 0.05) is 42.1 Å². The Morgan fingerprint density at radius 1 is 1.03 bits per heavy atom. The molecule has 1 fully saturated rings. The van der Waals surface area contributed by atoms with Gasteiger partial charge in [0.1, 0.15) is 5.69 Å². The molecule has 1 N–H and O–H groups in total. The lowest BCUT2D eigenvalue weighted by atomic mass is 10.1. The fourth-order valence-electron chi connectivity index (χ4n) is 4.06. The van der Waals surface area contributed by atoms with Crippen LogP contribution in [-0.2, 0) is 11.3 Å². The van der Waals surface area contributed by atoms with E-state index in [9.17, 15) is 9.59 Å². The van der Waals surface area contributed by atoms with E-state index in [0.717, 1.165) is 42.5 Å². The minimum Gasteiger partial charge on any atom is -0.337 e. The number of likely N-dealkylation sites (tertiary alicyclic amines) is 1. The van der Waals surface area contributed by atoms with Gasteiger partial charge in [0.15, 0.2) is 0 Å². The van der Waals surface area contributed by atoms with Crippen molar-refractivity contribution < 1.29 is 9.59 Å². The molecule has 4 rings (SSSR count). The molecule has 0 spiro atoms. The van der Waals surface area contributed by atoms with Gasteiger partial charge in [-0.1, -0.05) is 43.7 Å². The van der Waals surface area contributed by atoms with Crippen LogP contribution in [-0.4, -0.2) is 34.4 Å². The first-order valence-electron chi connectivity index (χ1n) is 10.7. The van der Waals surface area contributed by atoms with E-state index in [0.29, 0.717) is 12.2 Å². The highest BCUT2D eigenvalue weighted by atomic mass is 16.2. The van der Waals surface area contributed by atoms with E-state index >= 15 is 0 Å². The Balaban J connectivity index is 1.75. The molecule has 0 radical (unpaired) electrons. The van der Waals surface area contributed by atoms with Gasteiger partial charge in [-0.2, -0.15) is 0 Å². The van der Waals surface area contributed by atoms with Gasteiger partial charge in [-0.3, -0.25) is 9.59 Å². The molecule has 0 unspecified atom stereocenters. The molecule has 1 aliphatic rings. The number of nitrogens with zero attached hydrogens (tertiary/aromatic N) is 2. The lowest BCUT2D eigenvalue weighted by Gasteiger charge is -2.17. The molecular weight excluding hydrogens is 374 g/mol. The monoisotopic (exact) mass is 403 g/mol. The highest BCUT2D eigenvalue weighted by Gasteiger charge is 2.24. The van der Waals surface area contributed by atoms with Crippen molar-refractivity contribution in [2.45, 2.75) is 40.2 Å². The summed E-state index contributed by atoms with van der Waals surface area (Å²) < 4.78 is 2.11. The van der Waals surface area contributed by atoms with Crippen LogP contribution >= 0.6 is 0 Å². The fraction of sp³-hybridized carbons (Fsp3) is 0.360. The van der Waals surface area contributed by atoms with E-state index in [1.807, 2.05) is 43.0 Å². The van der Waals surface area contributed by atoms with E-state index in [1.165, 1.54) is 11.1 Å². The van der Waals surface area contributed by atoms with Crippen molar-refractivity contribution >= 4 is 28.4 Å². The normalized spacial score (nSPS) is 13.9. The van der Waals surface area contributed by atoms with Crippen LogP contribution in [0.15, 0.2) is 48.5 Å². The second-order valence-electron chi connectivity index (χ2n) is 8.52. The molecule has 2 aromatic carbocycles. The molecular formula is C25H29N3O2. The number of amides is 2. The molecule has 3 aromatic rings. The lowest BCUT2D eigenvalue weighted by Crippen LogP contribution is -2.29. The second-order valence-corrected chi connectivity index (χ2v) is 8.52. The summed E-state index contributed by atoms with van der Waals surface area (Å²) in [4.78, 5) is 27.3. The van der Waals surface area contributed by atoms with Gasteiger partial charge < -0.3 is 14.8 Å². The maximum Gasteiger partial charge on any atom is 0.270 e. The van der Waals surface area contributed by atoms with Gasteiger partial charge in [0.2, 0.25) is 5.91 Å². The summed E-state index contributed by atoms with van der Waals surface area (Å²) in [7, 11) is 0. The van der Waals surface area contributed by atoms with Crippen LogP contribution in [0.3, 0.4) is 0 Å². The standard InChI is InChI=1S/C25H29N3O2/c1-17(2)24(29)26-21-9-10-22-20(14-21)15-23(25(30)27-11-4-5-12-27)28(22)16-19-8-6-7-18(3)13-19/h6-10,13-15,17H,4-5,11-12,16H2,1-3H3,(H,26,29). The number of anilines is 1. The van der Waals surface area contributed by atoms with Crippen molar-refractivity contribution in [3.63, 3.8) is 0 Å². The zero-order valence-electron chi connectivity index (χ0n) is 17.9. The first-order valence-corrected chi connectivity index (χ1v) is 10.7. The number of carbonyl (C=O) groups is 2. The number of aromatic nitrogens is 1. The Kier molecular flexibility index (Phi) is 5.62. The number of hydrogen-bond acceptors (Lipinski definition) is 2. The Hall–Kier alpha value is -3.08. The van der Waals surface area contributed by atoms with Gasteiger partial charge in [-0.15, -0.1) is 0 Å². The molecule has 5 heteroatoms. The molecule has 0 saturated carbocycles.